The number of carbonyl (C=O) groups is 2. The minimum absolute atomic E-state index is 0.0261. The van der Waals surface area contributed by atoms with Gasteiger partial charge in [-0.25, -0.2) is 5.10 Å². The van der Waals surface area contributed by atoms with Crippen LogP contribution >= 0.6 is 0 Å². The number of hydrogen-bond donors (Lipinski definition) is 2. The quantitative estimate of drug-likeness (QED) is 0.851. The monoisotopic (exact) mass is 375 g/mol. The fourth-order valence-electron chi connectivity index (χ4n) is 3.21. The first-order valence-corrected chi connectivity index (χ1v) is 8.69. The molecule has 0 spiro atoms. The Balaban J connectivity index is 1.61. The minimum Gasteiger partial charge on any atom is -0.324 e. The Hall–Kier alpha value is -3.81. The lowest BCUT2D eigenvalue weighted by molar-refractivity contribution is -0.130. The summed E-state index contributed by atoms with van der Waals surface area (Å²) in [6.07, 6.45) is 6.98. The molecule has 2 amide bonds. The second-order valence-electron chi connectivity index (χ2n) is 6.73. The highest BCUT2D eigenvalue weighted by Crippen LogP contribution is 2.30. The maximum Gasteiger partial charge on any atom is 0.264 e. The fraction of sp³-hybridized carbons (Fsp3) is 0.150. The molecule has 140 valence electrons. The molecule has 8 heteroatoms. The SMILES string of the molecule is CC1(C(=O)Nc2cccc(-c3ccc(=O)[nH]n3)c2)CC(=O)N=C2C=CC=CN21. The lowest BCUT2D eigenvalue weighted by Gasteiger charge is -2.41. The van der Waals surface area contributed by atoms with Gasteiger partial charge in [-0.1, -0.05) is 18.2 Å². The van der Waals surface area contributed by atoms with Gasteiger partial charge in [-0.3, -0.25) is 14.4 Å². The normalized spacial score (nSPS) is 20.5. The van der Waals surface area contributed by atoms with Crippen LogP contribution < -0.4 is 10.9 Å². The largest absolute Gasteiger partial charge is 0.324 e. The molecule has 1 atom stereocenters. The fourth-order valence-corrected chi connectivity index (χ4v) is 3.21. The van der Waals surface area contributed by atoms with E-state index in [2.05, 4.69) is 20.5 Å². The number of carbonyl (C=O) groups excluding carboxylic acids is 2. The van der Waals surface area contributed by atoms with Gasteiger partial charge in [0.05, 0.1) is 12.1 Å². The van der Waals surface area contributed by atoms with Crippen LogP contribution in [-0.2, 0) is 9.59 Å². The van der Waals surface area contributed by atoms with E-state index in [1.807, 2.05) is 6.07 Å². The summed E-state index contributed by atoms with van der Waals surface area (Å²) in [6, 6.07) is 10.1. The van der Waals surface area contributed by atoms with E-state index in [-0.39, 0.29) is 23.8 Å². The first-order chi connectivity index (χ1) is 13.5. The van der Waals surface area contributed by atoms with Crippen LogP contribution in [0.15, 0.2) is 70.6 Å². The second-order valence-corrected chi connectivity index (χ2v) is 6.73. The lowest BCUT2D eigenvalue weighted by atomic mass is 9.91. The van der Waals surface area contributed by atoms with Gasteiger partial charge in [-0.15, -0.1) is 0 Å². The molecule has 2 aliphatic rings. The Bertz CT molecular complexity index is 1090. The molecule has 28 heavy (non-hydrogen) atoms. The van der Waals surface area contributed by atoms with Gasteiger partial charge in [0, 0.05) is 23.5 Å². The van der Waals surface area contributed by atoms with Crippen molar-refractivity contribution >= 4 is 23.3 Å². The van der Waals surface area contributed by atoms with Crippen molar-refractivity contribution in [1.29, 1.82) is 0 Å². The number of amidine groups is 1. The van der Waals surface area contributed by atoms with Crippen LogP contribution in [0.2, 0.25) is 0 Å². The highest BCUT2D eigenvalue weighted by atomic mass is 16.2. The molecule has 0 fully saturated rings. The number of nitrogens with zero attached hydrogens (tertiary/aromatic N) is 3. The molecule has 0 bridgehead atoms. The molecule has 0 saturated carbocycles. The number of amides is 2. The summed E-state index contributed by atoms with van der Waals surface area (Å²) in [5.74, 6) is -0.211. The smallest absolute Gasteiger partial charge is 0.264 e. The number of fused-ring (bicyclic) bond motifs is 1. The Labute approximate surface area is 160 Å². The number of hydrogen-bond acceptors (Lipinski definition) is 5. The first kappa shape index (κ1) is 17.6. The third-order valence-electron chi connectivity index (χ3n) is 4.69. The van der Waals surface area contributed by atoms with Gasteiger partial charge in [0.2, 0.25) is 0 Å². The Kier molecular flexibility index (Phi) is 4.23. The van der Waals surface area contributed by atoms with Crippen molar-refractivity contribution in [1.82, 2.24) is 15.1 Å². The van der Waals surface area contributed by atoms with Crippen LogP contribution in [0.5, 0.6) is 0 Å². The van der Waals surface area contributed by atoms with Crippen LogP contribution in [0.3, 0.4) is 0 Å². The highest BCUT2D eigenvalue weighted by Gasteiger charge is 2.45. The third kappa shape index (κ3) is 3.16. The average Bonchev–Trinajstić information content (AvgIpc) is 2.68. The van der Waals surface area contributed by atoms with E-state index in [1.165, 1.54) is 6.07 Å². The van der Waals surface area contributed by atoms with Gasteiger partial charge >= 0.3 is 0 Å². The third-order valence-corrected chi connectivity index (χ3v) is 4.69. The van der Waals surface area contributed by atoms with Gasteiger partial charge in [-0.05, 0) is 37.3 Å². The number of anilines is 1. The zero-order chi connectivity index (χ0) is 19.7. The van der Waals surface area contributed by atoms with Crippen molar-refractivity contribution in [3.8, 4) is 11.3 Å². The predicted octanol–water partition coefficient (Wildman–Crippen LogP) is 1.85. The van der Waals surface area contributed by atoms with Gasteiger partial charge in [0.25, 0.3) is 17.4 Å². The summed E-state index contributed by atoms with van der Waals surface area (Å²) in [4.78, 5) is 42.1. The van der Waals surface area contributed by atoms with Gasteiger partial charge in [0.1, 0.15) is 11.4 Å². The van der Waals surface area contributed by atoms with Crippen molar-refractivity contribution < 1.29 is 9.59 Å². The van der Waals surface area contributed by atoms with E-state index < -0.39 is 5.54 Å². The van der Waals surface area contributed by atoms with E-state index in [1.54, 1.807) is 60.5 Å². The minimum atomic E-state index is -1.10. The second kappa shape index (κ2) is 6.73. The number of rotatable bonds is 3. The molecular weight excluding hydrogens is 358 g/mol. The van der Waals surface area contributed by atoms with E-state index in [0.29, 0.717) is 17.2 Å². The van der Waals surface area contributed by atoms with Crippen molar-refractivity contribution in [3.05, 3.63) is 71.2 Å². The van der Waals surface area contributed by atoms with Gasteiger partial charge in [-0.2, -0.15) is 10.1 Å². The molecule has 0 radical (unpaired) electrons. The maximum atomic E-state index is 13.1. The molecule has 1 aromatic carbocycles. The van der Waals surface area contributed by atoms with Crippen LogP contribution in [0.4, 0.5) is 5.69 Å². The molecule has 0 aliphatic carbocycles. The van der Waals surface area contributed by atoms with E-state index in [4.69, 9.17) is 0 Å². The van der Waals surface area contributed by atoms with Crippen LogP contribution in [-0.4, -0.2) is 38.3 Å². The maximum absolute atomic E-state index is 13.1. The summed E-state index contributed by atoms with van der Waals surface area (Å²) in [6.45, 7) is 1.71. The number of aliphatic imine (C=N–C) groups is 1. The molecule has 4 rings (SSSR count). The number of allylic oxidation sites excluding steroid dienone is 2. The summed E-state index contributed by atoms with van der Waals surface area (Å²) in [7, 11) is 0. The van der Waals surface area contributed by atoms with Crippen LogP contribution in [0.1, 0.15) is 13.3 Å². The molecule has 3 heterocycles. The Morgan fingerprint density at radius 3 is 2.86 bits per heavy atom. The summed E-state index contributed by atoms with van der Waals surface area (Å²) in [5, 5.41) is 9.27. The molecular formula is C20H17N5O3. The standard InChI is InChI=1S/C20H17N5O3/c1-20(12-18(27)22-16-7-2-3-10-25(16)20)19(28)21-14-6-4-5-13(11-14)15-8-9-17(26)24-23-15/h2-11H,12H2,1H3,(H,21,28)(H,24,26). The van der Waals surface area contributed by atoms with Crippen LogP contribution in [0, 0.1) is 0 Å². The first-order valence-electron chi connectivity index (χ1n) is 8.69. The molecule has 1 unspecified atom stereocenters. The van der Waals surface area contributed by atoms with Crippen LogP contribution in [0.25, 0.3) is 11.3 Å². The average molecular weight is 375 g/mol. The summed E-state index contributed by atoms with van der Waals surface area (Å²) < 4.78 is 0. The van der Waals surface area contributed by atoms with E-state index >= 15 is 0 Å². The van der Waals surface area contributed by atoms with Crippen molar-refractivity contribution in [2.24, 2.45) is 4.99 Å². The number of nitrogens with one attached hydrogen (secondary N) is 2. The highest BCUT2D eigenvalue weighted by molar-refractivity contribution is 6.12. The van der Waals surface area contributed by atoms with Crippen molar-refractivity contribution in [3.63, 3.8) is 0 Å². The number of benzene rings is 1. The van der Waals surface area contributed by atoms with Crippen molar-refractivity contribution in [2.45, 2.75) is 18.9 Å². The van der Waals surface area contributed by atoms with E-state index in [0.717, 1.165) is 5.56 Å². The van der Waals surface area contributed by atoms with Gasteiger partial charge < -0.3 is 10.2 Å². The molecule has 2 N–H and O–H groups in total. The number of aromatic nitrogens is 2. The topological polar surface area (TPSA) is 108 Å². The summed E-state index contributed by atoms with van der Waals surface area (Å²) in [5.41, 5.74) is 0.492. The molecule has 0 saturated heterocycles. The van der Waals surface area contributed by atoms with E-state index in [9.17, 15) is 14.4 Å². The molecule has 8 nitrogen and oxygen atoms in total. The summed E-state index contributed by atoms with van der Waals surface area (Å²) >= 11 is 0. The molecule has 1 aromatic heterocycles. The molecule has 2 aliphatic heterocycles. The zero-order valence-electron chi connectivity index (χ0n) is 15.0. The molecule has 2 aromatic rings. The predicted molar refractivity (Wildman–Crippen MR) is 105 cm³/mol. The lowest BCUT2D eigenvalue weighted by Crippen LogP contribution is -2.58. The Morgan fingerprint density at radius 2 is 2.07 bits per heavy atom. The number of aromatic amines is 1. The zero-order valence-corrected chi connectivity index (χ0v) is 15.0. The Morgan fingerprint density at radius 1 is 1.21 bits per heavy atom. The van der Waals surface area contributed by atoms with Crippen molar-refractivity contribution in [2.75, 3.05) is 5.32 Å². The number of H-pyrrole nitrogens is 1. The van der Waals surface area contributed by atoms with Gasteiger partial charge in [0.15, 0.2) is 0 Å².